The minimum atomic E-state index is -4.69. The monoisotopic (exact) mass is 365 g/mol. The second-order valence-electron chi connectivity index (χ2n) is 4.84. The lowest BCUT2D eigenvalue weighted by molar-refractivity contribution is -0.146. The SMILES string of the molecule is O=C(O)C(Oc1ccc(C(F)(F)F)cn1)c1cccc(C(F)(F)F)c1. The third kappa shape index (κ3) is 4.61. The van der Waals surface area contributed by atoms with Gasteiger partial charge in [0.1, 0.15) is 0 Å². The summed E-state index contributed by atoms with van der Waals surface area (Å²) in [4.78, 5) is 14.6. The van der Waals surface area contributed by atoms with Crippen LogP contribution >= 0.6 is 0 Å². The van der Waals surface area contributed by atoms with Crippen molar-refractivity contribution in [1.29, 1.82) is 0 Å². The molecular weight excluding hydrogens is 356 g/mol. The van der Waals surface area contributed by atoms with Gasteiger partial charge in [0.25, 0.3) is 0 Å². The molecule has 1 unspecified atom stereocenters. The van der Waals surface area contributed by atoms with Crippen molar-refractivity contribution in [2.24, 2.45) is 0 Å². The molecular formula is C15H9F6NO3. The zero-order chi connectivity index (χ0) is 18.8. The van der Waals surface area contributed by atoms with Crippen molar-refractivity contribution >= 4 is 5.97 Å². The van der Waals surface area contributed by atoms with Crippen LogP contribution in [0.1, 0.15) is 22.8 Å². The molecule has 0 fully saturated rings. The van der Waals surface area contributed by atoms with Gasteiger partial charge < -0.3 is 9.84 Å². The number of hydrogen-bond donors (Lipinski definition) is 1. The second kappa shape index (κ2) is 6.61. The van der Waals surface area contributed by atoms with E-state index in [0.717, 1.165) is 24.3 Å². The largest absolute Gasteiger partial charge is 0.478 e. The number of aromatic nitrogens is 1. The fourth-order valence-electron chi connectivity index (χ4n) is 1.88. The molecule has 4 nitrogen and oxygen atoms in total. The molecule has 0 spiro atoms. The zero-order valence-corrected chi connectivity index (χ0v) is 12.1. The van der Waals surface area contributed by atoms with Gasteiger partial charge in [-0.1, -0.05) is 12.1 Å². The maximum atomic E-state index is 12.7. The Labute approximate surface area is 136 Å². The van der Waals surface area contributed by atoms with Crippen LogP contribution in [0.25, 0.3) is 0 Å². The summed E-state index contributed by atoms with van der Waals surface area (Å²) in [7, 11) is 0. The quantitative estimate of drug-likeness (QED) is 0.820. The molecule has 0 saturated carbocycles. The molecule has 134 valence electrons. The maximum absolute atomic E-state index is 12.7. The molecule has 1 aromatic heterocycles. The van der Waals surface area contributed by atoms with E-state index >= 15 is 0 Å². The molecule has 10 heteroatoms. The Balaban J connectivity index is 2.29. The van der Waals surface area contributed by atoms with Crippen LogP contribution in [-0.4, -0.2) is 16.1 Å². The van der Waals surface area contributed by atoms with E-state index in [-0.39, 0.29) is 5.56 Å². The summed E-state index contributed by atoms with van der Waals surface area (Å²) in [5, 5.41) is 9.15. The number of carbonyl (C=O) groups is 1. The van der Waals surface area contributed by atoms with Crippen LogP contribution < -0.4 is 4.74 Å². The van der Waals surface area contributed by atoms with Crippen molar-refractivity contribution in [2.75, 3.05) is 0 Å². The summed E-state index contributed by atoms with van der Waals surface area (Å²) in [6, 6.07) is 4.83. The van der Waals surface area contributed by atoms with Gasteiger partial charge in [0.2, 0.25) is 12.0 Å². The molecule has 0 bridgehead atoms. The first-order valence-corrected chi connectivity index (χ1v) is 6.58. The molecule has 2 aromatic rings. The van der Waals surface area contributed by atoms with E-state index in [9.17, 15) is 31.1 Å². The molecule has 1 N–H and O–H groups in total. The topological polar surface area (TPSA) is 59.4 Å². The highest BCUT2D eigenvalue weighted by Crippen LogP contribution is 2.33. The van der Waals surface area contributed by atoms with Gasteiger partial charge in [-0.15, -0.1) is 0 Å². The molecule has 2 rings (SSSR count). The van der Waals surface area contributed by atoms with Gasteiger partial charge in [-0.25, -0.2) is 9.78 Å². The number of pyridine rings is 1. The predicted molar refractivity (Wildman–Crippen MR) is 71.7 cm³/mol. The van der Waals surface area contributed by atoms with Crippen LogP contribution in [0.5, 0.6) is 5.88 Å². The summed E-state index contributed by atoms with van der Waals surface area (Å²) < 4.78 is 80.4. The number of ether oxygens (including phenoxy) is 1. The molecule has 0 aliphatic rings. The number of aliphatic carboxylic acids is 1. The molecule has 1 heterocycles. The molecule has 25 heavy (non-hydrogen) atoms. The first-order valence-electron chi connectivity index (χ1n) is 6.58. The lowest BCUT2D eigenvalue weighted by atomic mass is 10.1. The Bertz CT molecular complexity index is 755. The summed E-state index contributed by atoms with van der Waals surface area (Å²) in [6.45, 7) is 0. The van der Waals surface area contributed by atoms with Crippen LogP contribution in [0.15, 0.2) is 42.6 Å². The number of halogens is 6. The van der Waals surface area contributed by atoms with E-state index in [4.69, 9.17) is 9.84 Å². The Hall–Kier alpha value is -2.78. The number of carboxylic acids is 1. The average molecular weight is 365 g/mol. The Morgan fingerprint density at radius 1 is 1.00 bits per heavy atom. The highest BCUT2D eigenvalue weighted by atomic mass is 19.4. The van der Waals surface area contributed by atoms with Crippen molar-refractivity contribution in [3.63, 3.8) is 0 Å². The van der Waals surface area contributed by atoms with Gasteiger partial charge >= 0.3 is 18.3 Å². The van der Waals surface area contributed by atoms with Crippen LogP contribution in [0.3, 0.4) is 0 Å². The van der Waals surface area contributed by atoms with Gasteiger partial charge in [-0.05, 0) is 18.2 Å². The van der Waals surface area contributed by atoms with Crippen molar-refractivity contribution < 1.29 is 41.0 Å². The first kappa shape index (κ1) is 18.6. The van der Waals surface area contributed by atoms with Crippen LogP contribution in [-0.2, 0) is 17.1 Å². The lowest BCUT2D eigenvalue weighted by Gasteiger charge is -2.16. The van der Waals surface area contributed by atoms with Crippen molar-refractivity contribution in [3.05, 3.63) is 59.3 Å². The second-order valence-corrected chi connectivity index (χ2v) is 4.84. The number of nitrogens with zero attached hydrogens (tertiary/aromatic N) is 1. The molecule has 0 aliphatic heterocycles. The van der Waals surface area contributed by atoms with E-state index in [1.807, 2.05) is 0 Å². The van der Waals surface area contributed by atoms with Crippen molar-refractivity contribution in [2.45, 2.75) is 18.5 Å². The third-order valence-corrected chi connectivity index (χ3v) is 3.04. The minimum Gasteiger partial charge on any atom is -0.478 e. The third-order valence-electron chi connectivity index (χ3n) is 3.04. The lowest BCUT2D eigenvalue weighted by Crippen LogP contribution is -2.19. The van der Waals surface area contributed by atoms with Gasteiger partial charge in [0, 0.05) is 17.8 Å². The van der Waals surface area contributed by atoms with Gasteiger partial charge in [-0.3, -0.25) is 0 Å². The van der Waals surface area contributed by atoms with E-state index in [0.29, 0.717) is 18.3 Å². The summed E-state index contributed by atoms with van der Waals surface area (Å²) in [5.41, 5.74) is -2.49. The van der Waals surface area contributed by atoms with E-state index < -0.39 is 41.4 Å². The first-order chi connectivity index (χ1) is 11.5. The fourth-order valence-corrected chi connectivity index (χ4v) is 1.88. The molecule has 0 radical (unpaired) electrons. The summed E-state index contributed by atoms with van der Waals surface area (Å²) in [5.74, 6) is -2.10. The molecule has 0 amide bonds. The van der Waals surface area contributed by atoms with Gasteiger partial charge in [-0.2, -0.15) is 26.3 Å². The van der Waals surface area contributed by atoms with E-state index in [1.54, 1.807) is 0 Å². The Morgan fingerprint density at radius 2 is 1.64 bits per heavy atom. The van der Waals surface area contributed by atoms with Crippen LogP contribution in [0.4, 0.5) is 26.3 Å². The summed E-state index contributed by atoms with van der Waals surface area (Å²) in [6.07, 6.45) is -10.8. The summed E-state index contributed by atoms with van der Waals surface area (Å²) >= 11 is 0. The number of hydrogen-bond acceptors (Lipinski definition) is 3. The van der Waals surface area contributed by atoms with Crippen molar-refractivity contribution in [1.82, 2.24) is 4.98 Å². The van der Waals surface area contributed by atoms with Crippen LogP contribution in [0, 0.1) is 0 Å². The number of rotatable bonds is 4. The standard InChI is InChI=1S/C15H9F6NO3/c16-14(17,18)9-3-1-2-8(6-9)12(13(23)24)25-11-5-4-10(7-22-11)15(19,20)21/h1-7,12H,(H,23,24). The smallest absolute Gasteiger partial charge is 0.417 e. The number of alkyl halides is 6. The van der Waals surface area contributed by atoms with E-state index in [2.05, 4.69) is 4.98 Å². The normalized spacial score (nSPS) is 13.4. The minimum absolute atomic E-state index is 0.330. The predicted octanol–water partition coefficient (Wildman–Crippen LogP) is 4.32. The highest BCUT2D eigenvalue weighted by Gasteiger charge is 2.33. The van der Waals surface area contributed by atoms with Crippen molar-refractivity contribution in [3.8, 4) is 5.88 Å². The number of benzene rings is 1. The maximum Gasteiger partial charge on any atom is 0.417 e. The average Bonchev–Trinajstić information content (AvgIpc) is 2.51. The van der Waals surface area contributed by atoms with Gasteiger partial charge in [0.05, 0.1) is 11.1 Å². The van der Waals surface area contributed by atoms with Crippen LogP contribution in [0.2, 0.25) is 0 Å². The van der Waals surface area contributed by atoms with Gasteiger partial charge in [0.15, 0.2) is 0 Å². The fraction of sp³-hybridized carbons (Fsp3) is 0.200. The van der Waals surface area contributed by atoms with E-state index in [1.165, 1.54) is 0 Å². The zero-order valence-electron chi connectivity index (χ0n) is 12.1. The molecule has 1 aromatic carbocycles. The molecule has 1 atom stereocenters. The molecule has 0 aliphatic carbocycles. The Kier molecular flexibility index (Phi) is 4.91. The highest BCUT2D eigenvalue weighted by molar-refractivity contribution is 5.74. The molecule has 0 saturated heterocycles. The number of carboxylic acid groups (broad SMARTS) is 1. The Morgan fingerprint density at radius 3 is 2.12 bits per heavy atom.